The fourth-order valence-corrected chi connectivity index (χ4v) is 2.65. The third-order valence-corrected chi connectivity index (χ3v) is 3.93. The van der Waals surface area contributed by atoms with Crippen molar-refractivity contribution in [2.24, 2.45) is 5.73 Å². The maximum Gasteiger partial charge on any atom is 0.122 e. The number of halogens is 1. The van der Waals surface area contributed by atoms with E-state index in [9.17, 15) is 0 Å². The SMILES string of the molecule is CCCCCCCCCCOc1ccc(Cl)cc1CCN. The molecule has 0 unspecified atom stereocenters. The van der Waals surface area contributed by atoms with Gasteiger partial charge in [0.25, 0.3) is 0 Å². The second-order valence-corrected chi connectivity index (χ2v) is 6.05. The quantitative estimate of drug-likeness (QED) is 0.527. The van der Waals surface area contributed by atoms with Gasteiger partial charge in [-0.3, -0.25) is 0 Å². The van der Waals surface area contributed by atoms with Gasteiger partial charge in [0.05, 0.1) is 6.61 Å². The molecule has 0 aliphatic carbocycles. The summed E-state index contributed by atoms with van der Waals surface area (Å²) in [7, 11) is 0. The molecule has 0 atom stereocenters. The van der Waals surface area contributed by atoms with Crippen LogP contribution in [0.5, 0.6) is 5.75 Å². The molecule has 21 heavy (non-hydrogen) atoms. The first-order valence-corrected chi connectivity index (χ1v) is 8.77. The molecule has 0 heterocycles. The normalized spacial score (nSPS) is 10.8. The van der Waals surface area contributed by atoms with E-state index in [4.69, 9.17) is 22.1 Å². The minimum atomic E-state index is 0.620. The molecule has 0 radical (unpaired) electrons. The van der Waals surface area contributed by atoms with Crippen molar-refractivity contribution < 1.29 is 4.74 Å². The second kappa shape index (κ2) is 11.9. The summed E-state index contributed by atoms with van der Waals surface area (Å²) >= 11 is 6.01. The average molecular weight is 312 g/mol. The molecule has 1 aromatic rings. The molecule has 0 spiro atoms. The molecule has 120 valence electrons. The van der Waals surface area contributed by atoms with Crippen LogP contribution in [0.2, 0.25) is 5.02 Å². The fraction of sp³-hybridized carbons (Fsp3) is 0.667. The topological polar surface area (TPSA) is 35.2 Å². The van der Waals surface area contributed by atoms with Crippen molar-refractivity contribution in [3.05, 3.63) is 28.8 Å². The van der Waals surface area contributed by atoms with Gasteiger partial charge in [0.15, 0.2) is 0 Å². The summed E-state index contributed by atoms with van der Waals surface area (Å²) in [5.41, 5.74) is 6.74. The van der Waals surface area contributed by atoms with E-state index in [0.29, 0.717) is 6.54 Å². The maximum absolute atomic E-state index is 6.01. The van der Waals surface area contributed by atoms with Gasteiger partial charge in [0.1, 0.15) is 5.75 Å². The molecule has 0 amide bonds. The van der Waals surface area contributed by atoms with Crippen LogP contribution in [-0.2, 0) is 6.42 Å². The first-order chi connectivity index (χ1) is 10.3. The molecular formula is C18H30ClNO. The Hall–Kier alpha value is -0.730. The van der Waals surface area contributed by atoms with Crippen molar-refractivity contribution in [1.29, 1.82) is 0 Å². The lowest BCUT2D eigenvalue weighted by Gasteiger charge is -2.11. The van der Waals surface area contributed by atoms with Gasteiger partial charge < -0.3 is 10.5 Å². The Morgan fingerprint density at radius 2 is 1.67 bits per heavy atom. The van der Waals surface area contributed by atoms with Crippen LogP contribution in [0.15, 0.2) is 18.2 Å². The zero-order valence-corrected chi connectivity index (χ0v) is 14.1. The highest BCUT2D eigenvalue weighted by Gasteiger charge is 2.04. The second-order valence-electron chi connectivity index (χ2n) is 5.61. The van der Waals surface area contributed by atoms with E-state index in [-0.39, 0.29) is 0 Å². The molecule has 0 saturated heterocycles. The lowest BCUT2D eigenvalue weighted by atomic mass is 10.1. The largest absolute Gasteiger partial charge is 0.493 e. The predicted octanol–water partition coefficient (Wildman–Crippen LogP) is 5.36. The Kier molecular flexibility index (Phi) is 10.4. The zero-order chi connectivity index (χ0) is 15.3. The number of hydrogen-bond acceptors (Lipinski definition) is 2. The van der Waals surface area contributed by atoms with Gasteiger partial charge in [0, 0.05) is 5.02 Å². The van der Waals surface area contributed by atoms with Crippen LogP contribution in [0, 0.1) is 0 Å². The van der Waals surface area contributed by atoms with Gasteiger partial charge in [0.2, 0.25) is 0 Å². The molecular weight excluding hydrogens is 282 g/mol. The van der Waals surface area contributed by atoms with Gasteiger partial charge in [-0.05, 0) is 43.1 Å². The van der Waals surface area contributed by atoms with E-state index in [1.54, 1.807) is 0 Å². The average Bonchev–Trinajstić information content (AvgIpc) is 2.48. The van der Waals surface area contributed by atoms with Crippen molar-refractivity contribution in [1.82, 2.24) is 0 Å². The molecule has 3 heteroatoms. The zero-order valence-electron chi connectivity index (χ0n) is 13.4. The Morgan fingerprint density at radius 1 is 1.00 bits per heavy atom. The summed E-state index contributed by atoms with van der Waals surface area (Å²) in [6.07, 6.45) is 11.3. The van der Waals surface area contributed by atoms with Gasteiger partial charge in [-0.1, -0.05) is 63.5 Å². The first kappa shape index (κ1) is 18.3. The van der Waals surface area contributed by atoms with Gasteiger partial charge in [-0.25, -0.2) is 0 Å². The first-order valence-electron chi connectivity index (χ1n) is 8.39. The van der Waals surface area contributed by atoms with E-state index in [0.717, 1.165) is 35.8 Å². The lowest BCUT2D eigenvalue weighted by molar-refractivity contribution is 0.301. The standard InChI is InChI=1S/C18H30ClNO/c1-2-3-4-5-6-7-8-9-14-21-18-11-10-17(19)15-16(18)12-13-20/h10-11,15H,2-9,12-14,20H2,1H3. The van der Waals surface area contributed by atoms with Crippen LogP contribution in [0.3, 0.4) is 0 Å². The van der Waals surface area contributed by atoms with Gasteiger partial charge in [-0.15, -0.1) is 0 Å². The van der Waals surface area contributed by atoms with Gasteiger partial charge in [-0.2, -0.15) is 0 Å². The molecule has 0 saturated carbocycles. The van der Waals surface area contributed by atoms with E-state index >= 15 is 0 Å². The molecule has 0 fully saturated rings. The van der Waals surface area contributed by atoms with Crippen LogP contribution >= 0.6 is 11.6 Å². The minimum Gasteiger partial charge on any atom is -0.493 e. The summed E-state index contributed by atoms with van der Waals surface area (Å²) in [6, 6.07) is 5.79. The maximum atomic E-state index is 6.01. The third-order valence-electron chi connectivity index (χ3n) is 3.69. The number of rotatable bonds is 12. The Balaban J connectivity index is 2.15. The number of unbranched alkanes of at least 4 members (excludes halogenated alkanes) is 7. The van der Waals surface area contributed by atoms with E-state index in [1.807, 2.05) is 18.2 Å². The molecule has 2 nitrogen and oxygen atoms in total. The van der Waals surface area contributed by atoms with Gasteiger partial charge >= 0.3 is 0 Å². The summed E-state index contributed by atoms with van der Waals surface area (Å²) in [6.45, 7) is 3.66. The minimum absolute atomic E-state index is 0.620. The number of nitrogens with two attached hydrogens (primary N) is 1. The monoisotopic (exact) mass is 311 g/mol. The highest BCUT2D eigenvalue weighted by atomic mass is 35.5. The lowest BCUT2D eigenvalue weighted by Crippen LogP contribution is -2.06. The molecule has 2 N–H and O–H groups in total. The molecule has 0 aromatic heterocycles. The molecule has 1 aromatic carbocycles. The predicted molar refractivity (Wildman–Crippen MR) is 92.3 cm³/mol. The highest BCUT2D eigenvalue weighted by molar-refractivity contribution is 6.30. The van der Waals surface area contributed by atoms with Crippen LogP contribution in [-0.4, -0.2) is 13.2 Å². The van der Waals surface area contributed by atoms with E-state index < -0.39 is 0 Å². The molecule has 0 bridgehead atoms. The van der Waals surface area contributed by atoms with E-state index in [2.05, 4.69) is 6.92 Å². The third kappa shape index (κ3) is 8.33. The Bertz CT molecular complexity index is 381. The van der Waals surface area contributed by atoms with Crippen molar-refractivity contribution in [3.8, 4) is 5.75 Å². The van der Waals surface area contributed by atoms with Crippen LogP contribution in [0.4, 0.5) is 0 Å². The van der Waals surface area contributed by atoms with Crippen molar-refractivity contribution in [2.75, 3.05) is 13.2 Å². The fourth-order valence-electron chi connectivity index (χ4n) is 2.46. The van der Waals surface area contributed by atoms with Crippen LogP contribution < -0.4 is 10.5 Å². The van der Waals surface area contributed by atoms with Crippen LogP contribution in [0.25, 0.3) is 0 Å². The Labute approximate surface area is 135 Å². The van der Waals surface area contributed by atoms with Crippen molar-refractivity contribution in [2.45, 2.75) is 64.7 Å². The molecule has 0 aliphatic rings. The summed E-state index contributed by atoms with van der Waals surface area (Å²) in [4.78, 5) is 0. The highest BCUT2D eigenvalue weighted by Crippen LogP contribution is 2.23. The molecule has 0 aliphatic heterocycles. The summed E-state index contributed by atoms with van der Waals surface area (Å²) in [5.74, 6) is 0.938. The van der Waals surface area contributed by atoms with Crippen LogP contribution in [0.1, 0.15) is 63.9 Å². The van der Waals surface area contributed by atoms with Crippen molar-refractivity contribution in [3.63, 3.8) is 0 Å². The van der Waals surface area contributed by atoms with Crippen molar-refractivity contribution >= 4 is 11.6 Å². The number of hydrogen-bond donors (Lipinski definition) is 1. The smallest absolute Gasteiger partial charge is 0.122 e. The Morgan fingerprint density at radius 3 is 2.33 bits per heavy atom. The number of ether oxygens (including phenoxy) is 1. The molecule has 1 rings (SSSR count). The summed E-state index contributed by atoms with van der Waals surface area (Å²) < 4.78 is 5.88. The number of benzene rings is 1. The van der Waals surface area contributed by atoms with E-state index in [1.165, 1.54) is 44.9 Å². The summed E-state index contributed by atoms with van der Waals surface area (Å²) in [5, 5.41) is 0.748.